The lowest BCUT2D eigenvalue weighted by molar-refractivity contribution is 0.590. The maximum Gasteiger partial charge on any atom is 0.252 e. The van der Waals surface area contributed by atoms with Gasteiger partial charge in [0.1, 0.15) is 0 Å². The summed E-state index contributed by atoms with van der Waals surface area (Å²) in [5, 5.41) is 7.77. The smallest absolute Gasteiger partial charge is 0.252 e. The van der Waals surface area contributed by atoms with Crippen LogP contribution < -0.4 is 26.2 Å². The highest BCUT2D eigenvalue weighted by Gasteiger charge is 2.45. The quantitative estimate of drug-likeness (QED) is 0.116. The zero-order chi connectivity index (χ0) is 56.6. The Morgan fingerprint density at radius 2 is 0.805 bits per heavy atom. The maximum absolute atomic E-state index is 2.67. The van der Waals surface area contributed by atoms with E-state index in [1.165, 1.54) is 150 Å². The van der Waals surface area contributed by atoms with Gasteiger partial charge in [0.15, 0.2) is 0 Å². The van der Waals surface area contributed by atoms with Crippen molar-refractivity contribution in [2.24, 2.45) is 0 Å². The number of benzene rings is 12. The van der Waals surface area contributed by atoms with Crippen molar-refractivity contribution < 1.29 is 0 Å². The summed E-state index contributed by atoms with van der Waals surface area (Å²) in [6.07, 6.45) is 0. The molecule has 3 heteroatoms. The van der Waals surface area contributed by atoms with E-state index in [-0.39, 0.29) is 23.0 Å². The summed E-state index contributed by atoms with van der Waals surface area (Å²) >= 11 is 0. The first-order valence-corrected chi connectivity index (χ1v) is 29.6. The van der Waals surface area contributed by atoms with Gasteiger partial charge in [-0.1, -0.05) is 222 Å². The van der Waals surface area contributed by atoms with E-state index in [1.807, 2.05) is 0 Å². The molecule has 2 aliphatic heterocycles. The molecule has 0 saturated heterocycles. The van der Waals surface area contributed by atoms with Gasteiger partial charge in [0.2, 0.25) is 0 Å². The molecule has 0 radical (unpaired) electrons. The molecule has 400 valence electrons. The summed E-state index contributed by atoms with van der Waals surface area (Å²) in [5.74, 6) is 0.340. The number of nitrogens with zero attached hydrogens (tertiary/aromatic N) is 2. The predicted molar refractivity (Wildman–Crippen MR) is 356 cm³/mol. The normalized spacial score (nSPS) is 13.3. The van der Waals surface area contributed by atoms with Gasteiger partial charge in [-0.05, 0) is 211 Å². The van der Waals surface area contributed by atoms with Crippen LogP contribution in [0.1, 0.15) is 104 Å². The number of fused-ring (bicyclic) bond motifs is 4. The van der Waals surface area contributed by atoms with E-state index >= 15 is 0 Å². The van der Waals surface area contributed by atoms with Crippen LogP contribution in [-0.4, -0.2) is 6.71 Å². The third-order valence-corrected chi connectivity index (χ3v) is 18.0. The molecular weight excluding hydrogens is 988 g/mol. The Hall–Kier alpha value is -8.66. The van der Waals surface area contributed by atoms with Crippen molar-refractivity contribution in [1.82, 2.24) is 0 Å². The standard InChI is InChI=1S/C79H71BN2/c1-49(2)54-29-36-70-67(44-54)80-68-45-55(60-42-58(50-19-14-12-15-20-50)41-59(43-60)51-21-16-13-17-22-51)30-37-71(68)82(73-48-64(79(9,10)11)47-72(76(73)80)81(70)65-34-31-62(32-35-65)77(3,4)5)69-38-33-63(78(6,7)8)46-66(69)61-39-56-27-25-52-23-18-24-53-26-28-57(40-61)75(56)74(52)53/h12-49H,1-11H3. The Balaban J connectivity index is 1.09. The molecule has 0 amide bonds. The second-order valence-electron chi connectivity index (χ2n) is 26.8. The van der Waals surface area contributed by atoms with Gasteiger partial charge in [-0.2, -0.15) is 0 Å². The zero-order valence-electron chi connectivity index (χ0n) is 49.4. The molecule has 12 aromatic carbocycles. The molecule has 0 atom stereocenters. The van der Waals surface area contributed by atoms with Crippen LogP contribution in [0, 0.1) is 0 Å². The summed E-state index contributed by atoms with van der Waals surface area (Å²) in [5.41, 5.74) is 25.8. The van der Waals surface area contributed by atoms with Crippen LogP contribution in [0.3, 0.4) is 0 Å². The van der Waals surface area contributed by atoms with Crippen molar-refractivity contribution in [3.63, 3.8) is 0 Å². The van der Waals surface area contributed by atoms with Crippen molar-refractivity contribution in [2.75, 3.05) is 9.80 Å². The Morgan fingerprint density at radius 1 is 0.317 bits per heavy atom. The van der Waals surface area contributed by atoms with Gasteiger partial charge in [0, 0.05) is 34.0 Å². The highest BCUT2D eigenvalue weighted by molar-refractivity contribution is 7.00. The van der Waals surface area contributed by atoms with Crippen LogP contribution in [0.25, 0.3) is 76.8 Å². The Labute approximate surface area is 486 Å². The average molecular weight is 1060 g/mol. The second kappa shape index (κ2) is 19.0. The van der Waals surface area contributed by atoms with Crippen LogP contribution in [-0.2, 0) is 16.2 Å². The van der Waals surface area contributed by atoms with Gasteiger partial charge in [-0.3, -0.25) is 0 Å². The van der Waals surface area contributed by atoms with E-state index < -0.39 is 0 Å². The molecule has 0 N–H and O–H groups in total. The van der Waals surface area contributed by atoms with Crippen LogP contribution in [0.2, 0.25) is 0 Å². The van der Waals surface area contributed by atoms with Gasteiger partial charge in [-0.25, -0.2) is 0 Å². The van der Waals surface area contributed by atoms with Crippen molar-refractivity contribution in [3.05, 3.63) is 247 Å². The number of hydrogen-bond donors (Lipinski definition) is 0. The molecule has 14 rings (SSSR count). The van der Waals surface area contributed by atoms with Crippen LogP contribution in [0.4, 0.5) is 34.1 Å². The summed E-state index contributed by atoms with van der Waals surface area (Å²) in [6, 6.07) is 86.5. The number of anilines is 6. The minimum Gasteiger partial charge on any atom is -0.311 e. The molecular formula is C79H71BN2. The highest BCUT2D eigenvalue weighted by atomic mass is 15.2. The van der Waals surface area contributed by atoms with E-state index in [2.05, 4.69) is 310 Å². The molecule has 2 aliphatic rings. The highest BCUT2D eigenvalue weighted by Crippen LogP contribution is 2.51. The van der Waals surface area contributed by atoms with Crippen LogP contribution in [0.15, 0.2) is 224 Å². The van der Waals surface area contributed by atoms with Crippen LogP contribution in [0.5, 0.6) is 0 Å². The Bertz CT molecular complexity index is 4350. The first kappa shape index (κ1) is 51.5. The lowest BCUT2D eigenvalue weighted by Gasteiger charge is -2.46. The lowest BCUT2D eigenvalue weighted by Crippen LogP contribution is -2.61. The zero-order valence-corrected chi connectivity index (χ0v) is 49.4. The fourth-order valence-electron chi connectivity index (χ4n) is 13.4. The number of hydrogen-bond acceptors (Lipinski definition) is 2. The predicted octanol–water partition coefficient (Wildman–Crippen LogP) is 20.4. The summed E-state index contributed by atoms with van der Waals surface area (Å²) < 4.78 is 0. The van der Waals surface area contributed by atoms with E-state index in [0.29, 0.717) is 5.92 Å². The molecule has 82 heavy (non-hydrogen) atoms. The molecule has 0 spiro atoms. The van der Waals surface area contributed by atoms with Gasteiger partial charge >= 0.3 is 0 Å². The van der Waals surface area contributed by atoms with Crippen molar-refractivity contribution in [2.45, 2.75) is 98.3 Å². The fraction of sp³-hybridized carbons (Fsp3) is 0.190. The topological polar surface area (TPSA) is 6.48 Å². The fourth-order valence-corrected chi connectivity index (χ4v) is 13.4. The van der Waals surface area contributed by atoms with Crippen molar-refractivity contribution >= 4 is 89.5 Å². The van der Waals surface area contributed by atoms with E-state index in [1.54, 1.807) is 0 Å². The van der Waals surface area contributed by atoms with Crippen molar-refractivity contribution in [1.29, 1.82) is 0 Å². The molecule has 0 bridgehead atoms. The average Bonchev–Trinajstić information content (AvgIpc) is 1.44. The van der Waals surface area contributed by atoms with Gasteiger partial charge in [-0.15, -0.1) is 0 Å². The minimum atomic E-state index is -0.172. The minimum absolute atomic E-state index is 0.0152. The van der Waals surface area contributed by atoms with Gasteiger partial charge < -0.3 is 9.80 Å². The Morgan fingerprint density at radius 3 is 1.38 bits per heavy atom. The lowest BCUT2D eigenvalue weighted by atomic mass is 9.33. The van der Waals surface area contributed by atoms with Gasteiger partial charge in [0.05, 0.1) is 5.69 Å². The van der Waals surface area contributed by atoms with Crippen molar-refractivity contribution in [3.8, 4) is 44.5 Å². The first-order chi connectivity index (χ1) is 39.4. The molecule has 12 aromatic rings. The van der Waals surface area contributed by atoms with E-state index in [9.17, 15) is 0 Å². The molecule has 2 heterocycles. The number of rotatable bonds is 7. The SMILES string of the molecule is CC(C)c1ccc2c(c1)B1c3cc(-c4cc(-c5ccccc5)cc(-c5ccccc5)c4)ccc3N(c3ccc(C(C)(C)C)cc3-c3cc4ccc5cccc6ccc(c3)c4c56)c3cc(C(C)(C)C)cc(c31)N2c1ccc(C(C)(C)C)cc1. The van der Waals surface area contributed by atoms with E-state index in [4.69, 9.17) is 0 Å². The second-order valence-corrected chi connectivity index (χ2v) is 26.8. The monoisotopic (exact) mass is 1060 g/mol. The largest absolute Gasteiger partial charge is 0.311 e. The summed E-state index contributed by atoms with van der Waals surface area (Å²) in [4.78, 5) is 5.27. The third-order valence-electron chi connectivity index (χ3n) is 18.0. The molecule has 0 fully saturated rings. The third kappa shape index (κ3) is 8.62. The molecule has 0 aliphatic carbocycles. The molecule has 0 unspecified atom stereocenters. The van der Waals surface area contributed by atoms with E-state index in [0.717, 1.165) is 0 Å². The maximum atomic E-state index is 2.67. The summed E-state index contributed by atoms with van der Waals surface area (Å²) in [6.45, 7) is 25.7. The molecule has 0 saturated carbocycles. The first-order valence-electron chi connectivity index (χ1n) is 29.6. The van der Waals surface area contributed by atoms with Gasteiger partial charge in [0.25, 0.3) is 6.71 Å². The van der Waals surface area contributed by atoms with Crippen LogP contribution >= 0.6 is 0 Å². The Kier molecular flexibility index (Phi) is 11.9. The molecule has 0 aromatic heterocycles. The summed E-state index contributed by atoms with van der Waals surface area (Å²) in [7, 11) is 0. The molecule has 2 nitrogen and oxygen atoms in total.